The Balaban J connectivity index is 1.85. The lowest BCUT2D eigenvalue weighted by molar-refractivity contribution is -0.124. The number of para-hydroxylation sites is 1. The van der Waals surface area contributed by atoms with Crippen LogP contribution in [0.25, 0.3) is 0 Å². The monoisotopic (exact) mass is 379 g/mol. The van der Waals surface area contributed by atoms with Crippen LogP contribution in [0.1, 0.15) is 30.4 Å². The summed E-state index contributed by atoms with van der Waals surface area (Å²) in [5, 5.41) is 2.70. The van der Waals surface area contributed by atoms with Crippen LogP contribution in [-0.4, -0.2) is 31.3 Å². The van der Waals surface area contributed by atoms with Gasteiger partial charge in [0.1, 0.15) is 0 Å². The number of carbonyl (C=O) groups is 3. The van der Waals surface area contributed by atoms with Gasteiger partial charge in [-0.25, -0.2) is 0 Å². The van der Waals surface area contributed by atoms with E-state index in [0.29, 0.717) is 12.8 Å². The topological polar surface area (TPSA) is 92.5 Å². The van der Waals surface area contributed by atoms with Crippen LogP contribution in [-0.2, 0) is 26.2 Å². The van der Waals surface area contributed by atoms with Gasteiger partial charge in [-0.2, -0.15) is 0 Å². The van der Waals surface area contributed by atoms with Gasteiger partial charge in [-0.1, -0.05) is 48.5 Å². The highest BCUT2D eigenvalue weighted by Crippen LogP contribution is 2.46. The Morgan fingerprint density at radius 2 is 1.71 bits per heavy atom. The predicted molar refractivity (Wildman–Crippen MR) is 108 cm³/mol. The first-order valence-corrected chi connectivity index (χ1v) is 9.40. The fourth-order valence-electron chi connectivity index (χ4n) is 3.90. The molecule has 1 aliphatic heterocycles. The van der Waals surface area contributed by atoms with Gasteiger partial charge >= 0.3 is 0 Å². The van der Waals surface area contributed by atoms with E-state index in [1.807, 2.05) is 54.6 Å². The van der Waals surface area contributed by atoms with Crippen molar-refractivity contribution >= 4 is 23.4 Å². The van der Waals surface area contributed by atoms with Crippen molar-refractivity contribution in [2.75, 3.05) is 18.5 Å². The zero-order chi connectivity index (χ0) is 20.1. The molecule has 2 aromatic carbocycles. The minimum Gasteiger partial charge on any atom is -0.370 e. The molecule has 2 aromatic rings. The number of primary amides is 1. The first kappa shape index (κ1) is 19.6. The molecule has 0 aromatic heterocycles. The summed E-state index contributed by atoms with van der Waals surface area (Å²) in [6.07, 6.45) is 1.22. The number of hydrogen-bond acceptors (Lipinski definition) is 3. The highest BCUT2D eigenvalue weighted by molar-refractivity contribution is 6.08. The van der Waals surface area contributed by atoms with Gasteiger partial charge in [-0.3, -0.25) is 14.4 Å². The maximum atomic E-state index is 13.3. The molecule has 6 heteroatoms. The Morgan fingerprint density at radius 1 is 1.04 bits per heavy atom. The van der Waals surface area contributed by atoms with Gasteiger partial charge in [0.15, 0.2) is 0 Å². The summed E-state index contributed by atoms with van der Waals surface area (Å²) in [6.45, 7) is 0.213. The summed E-state index contributed by atoms with van der Waals surface area (Å²) >= 11 is 0. The zero-order valence-electron chi connectivity index (χ0n) is 16.0. The molecule has 0 aliphatic carbocycles. The number of nitrogens with zero attached hydrogens (tertiary/aromatic N) is 1. The minimum absolute atomic E-state index is 0.00230. The van der Waals surface area contributed by atoms with Gasteiger partial charge in [0, 0.05) is 32.1 Å². The van der Waals surface area contributed by atoms with E-state index in [-0.39, 0.29) is 31.2 Å². The summed E-state index contributed by atoms with van der Waals surface area (Å²) in [5.41, 5.74) is 7.21. The molecule has 1 aliphatic rings. The summed E-state index contributed by atoms with van der Waals surface area (Å²) < 4.78 is 0. The summed E-state index contributed by atoms with van der Waals surface area (Å²) in [5.74, 6) is -0.640. The van der Waals surface area contributed by atoms with Crippen LogP contribution < -0.4 is 16.0 Å². The molecule has 28 heavy (non-hydrogen) atoms. The molecule has 6 nitrogen and oxygen atoms in total. The minimum atomic E-state index is -0.784. The number of benzene rings is 2. The van der Waals surface area contributed by atoms with Crippen LogP contribution in [0.15, 0.2) is 54.6 Å². The van der Waals surface area contributed by atoms with Crippen LogP contribution >= 0.6 is 0 Å². The first-order valence-electron chi connectivity index (χ1n) is 9.40. The number of rotatable bonds is 8. The van der Waals surface area contributed by atoms with Gasteiger partial charge < -0.3 is 16.0 Å². The maximum absolute atomic E-state index is 13.3. The van der Waals surface area contributed by atoms with Gasteiger partial charge in [0.05, 0.1) is 5.41 Å². The Labute approximate surface area is 164 Å². The lowest BCUT2D eigenvalue weighted by Crippen LogP contribution is -2.41. The lowest BCUT2D eigenvalue weighted by atomic mass is 9.73. The molecule has 0 bridgehead atoms. The zero-order valence-corrected chi connectivity index (χ0v) is 16.0. The largest absolute Gasteiger partial charge is 0.370 e. The van der Waals surface area contributed by atoms with E-state index >= 15 is 0 Å². The van der Waals surface area contributed by atoms with Crippen LogP contribution in [0.4, 0.5) is 5.69 Å². The fourth-order valence-corrected chi connectivity index (χ4v) is 3.90. The van der Waals surface area contributed by atoms with Crippen molar-refractivity contribution in [1.29, 1.82) is 0 Å². The predicted octanol–water partition coefficient (Wildman–Crippen LogP) is 1.92. The number of likely N-dealkylation sites (N-methyl/N-ethyl adjacent to an activating group) is 1. The average Bonchev–Trinajstić information content (AvgIpc) is 2.90. The molecule has 0 spiro atoms. The molecule has 0 unspecified atom stereocenters. The average molecular weight is 379 g/mol. The quantitative estimate of drug-likeness (QED) is 0.734. The molecule has 3 rings (SSSR count). The lowest BCUT2D eigenvalue weighted by Gasteiger charge is -2.28. The van der Waals surface area contributed by atoms with Crippen molar-refractivity contribution < 1.29 is 14.4 Å². The Kier molecular flexibility index (Phi) is 5.78. The highest BCUT2D eigenvalue weighted by Gasteiger charge is 2.49. The second-order valence-corrected chi connectivity index (χ2v) is 7.19. The summed E-state index contributed by atoms with van der Waals surface area (Å²) in [7, 11) is 1.78. The van der Waals surface area contributed by atoms with E-state index < -0.39 is 11.3 Å². The highest BCUT2D eigenvalue weighted by atomic mass is 16.2. The van der Waals surface area contributed by atoms with Gasteiger partial charge in [0.25, 0.3) is 0 Å². The van der Waals surface area contributed by atoms with Crippen LogP contribution in [0.3, 0.4) is 0 Å². The Bertz CT molecular complexity index is 882. The SMILES string of the molecule is CN1C(=O)[C@@](CCC(=O)NCCC(N)=O)(Cc2ccccc2)c2ccccc21. The van der Waals surface area contributed by atoms with Crippen LogP contribution in [0, 0.1) is 0 Å². The van der Waals surface area contributed by atoms with Crippen molar-refractivity contribution in [3.05, 3.63) is 65.7 Å². The van der Waals surface area contributed by atoms with Crippen molar-refractivity contribution in [3.8, 4) is 0 Å². The number of carbonyl (C=O) groups excluding carboxylic acids is 3. The molecule has 146 valence electrons. The molecular formula is C22H25N3O3. The number of anilines is 1. The molecule has 0 fully saturated rings. The molecule has 1 atom stereocenters. The van der Waals surface area contributed by atoms with E-state index in [1.165, 1.54) is 0 Å². The van der Waals surface area contributed by atoms with E-state index in [4.69, 9.17) is 5.73 Å². The molecule has 0 saturated carbocycles. The third kappa shape index (κ3) is 3.91. The van der Waals surface area contributed by atoms with Crippen molar-refractivity contribution in [3.63, 3.8) is 0 Å². The first-order chi connectivity index (χ1) is 13.4. The number of fused-ring (bicyclic) bond motifs is 1. The third-order valence-corrected chi connectivity index (χ3v) is 5.32. The number of amides is 3. The van der Waals surface area contributed by atoms with Crippen molar-refractivity contribution in [2.24, 2.45) is 5.73 Å². The standard InChI is InChI=1S/C22H25N3O3/c1-25-18-10-6-5-9-17(18)22(21(25)28,15-16-7-3-2-4-8-16)13-11-20(27)24-14-12-19(23)26/h2-10H,11-15H2,1H3,(H2,23,26)(H,24,27)/t22-/m0/s1. The molecule has 3 N–H and O–H groups in total. The third-order valence-electron chi connectivity index (χ3n) is 5.32. The van der Waals surface area contributed by atoms with Crippen LogP contribution in [0.2, 0.25) is 0 Å². The Morgan fingerprint density at radius 3 is 2.43 bits per heavy atom. The second kappa shape index (κ2) is 8.25. The normalized spacial score (nSPS) is 18.0. The van der Waals surface area contributed by atoms with Gasteiger partial charge in [-0.05, 0) is 30.0 Å². The summed E-state index contributed by atoms with van der Waals surface area (Å²) in [4.78, 5) is 38.1. The molecule has 0 saturated heterocycles. The number of nitrogens with two attached hydrogens (primary N) is 1. The van der Waals surface area contributed by atoms with Gasteiger partial charge in [0.2, 0.25) is 17.7 Å². The smallest absolute Gasteiger partial charge is 0.237 e. The molecule has 0 radical (unpaired) electrons. The van der Waals surface area contributed by atoms with E-state index in [1.54, 1.807) is 11.9 Å². The van der Waals surface area contributed by atoms with E-state index in [2.05, 4.69) is 5.32 Å². The summed E-state index contributed by atoms with van der Waals surface area (Å²) in [6, 6.07) is 17.6. The van der Waals surface area contributed by atoms with Gasteiger partial charge in [-0.15, -0.1) is 0 Å². The Hall–Kier alpha value is -3.15. The fraction of sp³-hybridized carbons (Fsp3) is 0.318. The maximum Gasteiger partial charge on any atom is 0.237 e. The number of nitrogens with one attached hydrogen (secondary N) is 1. The second-order valence-electron chi connectivity index (χ2n) is 7.19. The van der Waals surface area contributed by atoms with E-state index in [9.17, 15) is 14.4 Å². The molecule has 3 amide bonds. The molecule has 1 heterocycles. The number of hydrogen-bond donors (Lipinski definition) is 2. The van der Waals surface area contributed by atoms with Crippen LogP contribution in [0.5, 0.6) is 0 Å². The van der Waals surface area contributed by atoms with Crippen molar-refractivity contribution in [1.82, 2.24) is 5.32 Å². The molecular weight excluding hydrogens is 354 g/mol. The van der Waals surface area contributed by atoms with Crippen molar-refractivity contribution in [2.45, 2.75) is 31.1 Å². The van der Waals surface area contributed by atoms with E-state index in [0.717, 1.165) is 16.8 Å².